The standard InChI is InChI=1S/C36H49N3O6S2/c1-36(2,3)38-34(41)29-19-18-27(45-4)21-26(29)22-32(40)30(20-24-12-7-6-8-13-24)37-35(42)31(39-47(5,43)44)23-46-33-17-11-15-25-14-9-10-16-28(25)33/h6-17,26-27,29-32,39-40H,18-23H2,1-5H3,(H,37,42)(H,38,41)/t26?,27?,29?,30-,31+,32+/m0/s1. The molecule has 1 aliphatic carbocycles. The maximum absolute atomic E-state index is 13.9. The lowest BCUT2D eigenvalue weighted by Crippen LogP contribution is -2.54. The molecule has 0 radical (unpaired) electrons. The molecular weight excluding hydrogens is 635 g/mol. The number of thioether (sulfide) groups is 1. The number of methoxy groups -OCH3 is 1. The molecule has 11 heteroatoms. The fourth-order valence-electron chi connectivity index (χ4n) is 6.33. The van der Waals surface area contributed by atoms with E-state index in [2.05, 4.69) is 15.4 Å². The molecule has 2 amide bonds. The third kappa shape index (κ3) is 11.3. The molecule has 0 heterocycles. The van der Waals surface area contributed by atoms with Gasteiger partial charge in [0.1, 0.15) is 6.04 Å². The van der Waals surface area contributed by atoms with Gasteiger partial charge in [0.15, 0.2) is 0 Å². The van der Waals surface area contributed by atoms with Crippen LogP contribution in [-0.2, 0) is 30.8 Å². The second-order valence-electron chi connectivity index (χ2n) is 13.6. The lowest BCUT2D eigenvalue weighted by Gasteiger charge is -2.38. The lowest BCUT2D eigenvalue weighted by atomic mass is 9.73. The number of aliphatic hydroxyl groups excluding tert-OH is 1. The molecule has 256 valence electrons. The largest absolute Gasteiger partial charge is 0.391 e. The molecule has 6 atom stereocenters. The average molecular weight is 684 g/mol. The van der Waals surface area contributed by atoms with Crippen molar-refractivity contribution < 1.29 is 27.9 Å². The predicted octanol–water partition coefficient (Wildman–Crippen LogP) is 4.67. The number of amides is 2. The van der Waals surface area contributed by atoms with Gasteiger partial charge in [-0.3, -0.25) is 9.59 Å². The number of carbonyl (C=O) groups excluding carboxylic acids is 2. The highest BCUT2D eigenvalue weighted by Crippen LogP contribution is 2.36. The van der Waals surface area contributed by atoms with Crippen LogP contribution in [0.25, 0.3) is 10.8 Å². The van der Waals surface area contributed by atoms with Crippen LogP contribution in [0.5, 0.6) is 0 Å². The first-order valence-corrected chi connectivity index (χ1v) is 19.0. The van der Waals surface area contributed by atoms with Crippen molar-refractivity contribution in [3.63, 3.8) is 0 Å². The highest BCUT2D eigenvalue weighted by atomic mass is 32.2. The van der Waals surface area contributed by atoms with Crippen molar-refractivity contribution in [1.29, 1.82) is 0 Å². The molecule has 1 fully saturated rings. The first-order chi connectivity index (χ1) is 22.2. The first kappa shape index (κ1) is 36.9. The van der Waals surface area contributed by atoms with Crippen LogP contribution in [0.3, 0.4) is 0 Å². The number of ether oxygens (including phenoxy) is 1. The molecule has 4 rings (SSSR count). The third-order valence-electron chi connectivity index (χ3n) is 8.57. The molecule has 47 heavy (non-hydrogen) atoms. The topological polar surface area (TPSA) is 134 Å². The summed E-state index contributed by atoms with van der Waals surface area (Å²) >= 11 is 1.40. The normalized spacial score (nSPS) is 20.7. The Balaban J connectivity index is 1.56. The Bertz CT molecular complexity index is 1590. The number of hydrogen-bond acceptors (Lipinski definition) is 7. The van der Waals surface area contributed by atoms with Crippen LogP contribution in [0.15, 0.2) is 77.7 Å². The van der Waals surface area contributed by atoms with Crippen LogP contribution < -0.4 is 15.4 Å². The molecule has 0 spiro atoms. The Morgan fingerprint density at radius 1 is 1.00 bits per heavy atom. The highest BCUT2D eigenvalue weighted by molar-refractivity contribution is 7.99. The summed E-state index contributed by atoms with van der Waals surface area (Å²) in [5.74, 6) is -0.901. The zero-order valence-electron chi connectivity index (χ0n) is 27.9. The van der Waals surface area contributed by atoms with Crippen molar-refractivity contribution in [2.24, 2.45) is 11.8 Å². The van der Waals surface area contributed by atoms with E-state index in [0.717, 1.165) is 33.9 Å². The molecule has 4 N–H and O–H groups in total. The number of aliphatic hydroxyl groups is 1. The molecule has 0 aromatic heterocycles. The summed E-state index contributed by atoms with van der Waals surface area (Å²) in [6.07, 6.45) is 2.61. The molecule has 3 unspecified atom stereocenters. The second kappa shape index (κ2) is 16.4. The van der Waals surface area contributed by atoms with E-state index in [1.54, 1.807) is 7.11 Å². The van der Waals surface area contributed by atoms with Gasteiger partial charge in [-0.1, -0.05) is 66.7 Å². The number of nitrogens with one attached hydrogen (secondary N) is 3. The zero-order chi connectivity index (χ0) is 34.2. The smallest absolute Gasteiger partial charge is 0.239 e. The van der Waals surface area contributed by atoms with Crippen LogP contribution >= 0.6 is 11.8 Å². The van der Waals surface area contributed by atoms with Crippen LogP contribution in [0.4, 0.5) is 0 Å². The van der Waals surface area contributed by atoms with E-state index < -0.39 is 39.7 Å². The van der Waals surface area contributed by atoms with E-state index in [1.807, 2.05) is 93.6 Å². The van der Waals surface area contributed by atoms with Crippen molar-refractivity contribution in [2.45, 2.75) is 87.6 Å². The fourth-order valence-corrected chi connectivity index (χ4v) is 8.24. The highest BCUT2D eigenvalue weighted by Gasteiger charge is 2.39. The van der Waals surface area contributed by atoms with Gasteiger partial charge in [-0.15, -0.1) is 11.8 Å². The van der Waals surface area contributed by atoms with Gasteiger partial charge >= 0.3 is 0 Å². The van der Waals surface area contributed by atoms with Gasteiger partial charge in [-0.2, -0.15) is 0 Å². The Kier molecular flexibility index (Phi) is 12.9. The van der Waals surface area contributed by atoms with Crippen LogP contribution in [0.2, 0.25) is 0 Å². The summed E-state index contributed by atoms with van der Waals surface area (Å²) in [5.41, 5.74) is 0.517. The van der Waals surface area contributed by atoms with Gasteiger partial charge in [-0.25, -0.2) is 13.1 Å². The molecule has 3 aromatic rings. The van der Waals surface area contributed by atoms with Crippen LogP contribution in [-0.4, -0.2) is 74.3 Å². The summed E-state index contributed by atoms with van der Waals surface area (Å²) in [6, 6.07) is 21.5. The first-order valence-electron chi connectivity index (χ1n) is 16.2. The summed E-state index contributed by atoms with van der Waals surface area (Å²) in [4.78, 5) is 28.2. The molecule has 1 aliphatic rings. The maximum Gasteiger partial charge on any atom is 0.239 e. The van der Waals surface area contributed by atoms with Crippen LogP contribution in [0.1, 0.15) is 52.0 Å². The number of fused-ring (bicyclic) bond motifs is 1. The Morgan fingerprint density at radius 3 is 2.36 bits per heavy atom. The van der Waals surface area contributed by atoms with Crippen molar-refractivity contribution in [3.05, 3.63) is 78.4 Å². The van der Waals surface area contributed by atoms with E-state index in [4.69, 9.17) is 4.74 Å². The third-order valence-corrected chi connectivity index (χ3v) is 10.4. The second-order valence-corrected chi connectivity index (χ2v) is 16.5. The number of carbonyl (C=O) groups is 2. The molecule has 9 nitrogen and oxygen atoms in total. The molecule has 0 aliphatic heterocycles. The van der Waals surface area contributed by atoms with E-state index >= 15 is 0 Å². The van der Waals surface area contributed by atoms with Crippen molar-refractivity contribution >= 4 is 44.4 Å². The van der Waals surface area contributed by atoms with Crippen molar-refractivity contribution in [3.8, 4) is 0 Å². The summed E-state index contributed by atoms with van der Waals surface area (Å²) in [7, 11) is -2.07. The van der Waals surface area contributed by atoms with Crippen LogP contribution in [0, 0.1) is 11.8 Å². The fraction of sp³-hybridized carbons (Fsp3) is 0.500. The van der Waals surface area contributed by atoms with Gasteiger partial charge < -0.3 is 20.5 Å². The Hall–Kier alpha value is -2.96. The minimum Gasteiger partial charge on any atom is -0.391 e. The molecule has 0 bridgehead atoms. The monoisotopic (exact) mass is 683 g/mol. The Labute approximate surface area is 283 Å². The summed E-state index contributed by atoms with van der Waals surface area (Å²) in [6.45, 7) is 5.83. The Morgan fingerprint density at radius 2 is 1.68 bits per heavy atom. The maximum atomic E-state index is 13.9. The quantitative estimate of drug-likeness (QED) is 0.182. The van der Waals surface area contributed by atoms with Gasteiger partial charge in [0.25, 0.3) is 0 Å². The van der Waals surface area contributed by atoms with Gasteiger partial charge in [0.2, 0.25) is 21.8 Å². The molecule has 3 aromatic carbocycles. The number of benzene rings is 3. The van der Waals surface area contributed by atoms with Crippen molar-refractivity contribution in [2.75, 3.05) is 19.1 Å². The molecule has 0 saturated heterocycles. The van der Waals surface area contributed by atoms with Gasteiger partial charge in [-0.05, 0) is 81.2 Å². The van der Waals surface area contributed by atoms with Crippen molar-refractivity contribution in [1.82, 2.24) is 15.4 Å². The van der Waals surface area contributed by atoms with E-state index in [0.29, 0.717) is 19.3 Å². The minimum absolute atomic E-state index is 0.0255. The predicted molar refractivity (Wildman–Crippen MR) is 189 cm³/mol. The molecule has 1 saturated carbocycles. The molecular formula is C36H49N3O6S2. The lowest BCUT2D eigenvalue weighted by molar-refractivity contribution is -0.132. The SMILES string of the molecule is COC1CCC(C(=O)NC(C)(C)C)C(C[C@@H](O)[C@H](Cc2ccccc2)NC(=O)[C@@H](CSc2cccc3ccccc23)NS(C)(=O)=O)C1. The van der Waals surface area contributed by atoms with E-state index in [1.165, 1.54) is 11.8 Å². The van der Waals surface area contributed by atoms with E-state index in [-0.39, 0.29) is 36.0 Å². The summed E-state index contributed by atoms with van der Waals surface area (Å²) < 4.78 is 33.0. The van der Waals surface area contributed by atoms with Gasteiger partial charge in [0, 0.05) is 29.2 Å². The minimum atomic E-state index is -3.74. The van der Waals surface area contributed by atoms with E-state index in [9.17, 15) is 23.1 Å². The number of sulfonamides is 1. The zero-order valence-corrected chi connectivity index (χ0v) is 29.6. The van der Waals surface area contributed by atoms with Gasteiger partial charge in [0.05, 0.1) is 24.5 Å². The summed E-state index contributed by atoms with van der Waals surface area (Å²) in [5, 5.41) is 19.9. The number of hydrogen-bond donors (Lipinski definition) is 4. The average Bonchev–Trinajstić information content (AvgIpc) is 3.01. The number of rotatable bonds is 14.